The van der Waals surface area contributed by atoms with Crippen LogP contribution >= 0.6 is 34.8 Å². The first-order valence-corrected chi connectivity index (χ1v) is 12.6. The van der Waals surface area contributed by atoms with Crippen LogP contribution in [0.1, 0.15) is 10.4 Å². The van der Waals surface area contributed by atoms with Crippen LogP contribution in [0.25, 0.3) is 0 Å². The van der Waals surface area contributed by atoms with Crippen LogP contribution in [0, 0.1) is 0 Å². The van der Waals surface area contributed by atoms with Crippen LogP contribution < -0.4 is 15.4 Å². The van der Waals surface area contributed by atoms with E-state index in [1.807, 2.05) is 0 Å². The highest BCUT2D eigenvalue weighted by Crippen LogP contribution is 2.30. The first-order valence-electron chi connectivity index (χ1n) is 10.3. The summed E-state index contributed by atoms with van der Waals surface area (Å²) in [7, 11) is 0. The number of halogens is 3. The highest BCUT2D eigenvalue weighted by Gasteiger charge is 2.16. The Balaban J connectivity index is 1.37. The van der Waals surface area contributed by atoms with E-state index in [4.69, 9.17) is 39.5 Å². The van der Waals surface area contributed by atoms with Crippen LogP contribution in [0.2, 0.25) is 15.1 Å². The minimum atomic E-state index is -1.37. The smallest absolute Gasteiger partial charge is 0.326 e. The van der Waals surface area contributed by atoms with Gasteiger partial charge in [0.1, 0.15) is 10.8 Å². The van der Waals surface area contributed by atoms with E-state index in [-0.39, 0.29) is 27.2 Å². The van der Waals surface area contributed by atoms with Crippen molar-refractivity contribution in [2.24, 2.45) is 0 Å². The molecule has 1 atom stereocenters. The van der Waals surface area contributed by atoms with E-state index >= 15 is 0 Å². The third kappa shape index (κ3) is 6.48. The zero-order chi connectivity index (χ0) is 25.7. The number of anilines is 1. The Kier molecular flexibility index (Phi) is 8.35. The van der Waals surface area contributed by atoms with Gasteiger partial charge in [-0.05, 0) is 66.7 Å². The summed E-state index contributed by atoms with van der Waals surface area (Å²) in [5, 5.41) is 5.57. The summed E-state index contributed by atoms with van der Waals surface area (Å²) in [6, 6.07) is 20.4. The minimum Gasteiger partial charge on any atom is -0.606 e. The summed E-state index contributed by atoms with van der Waals surface area (Å²) in [5.74, 6) is -0.135. The molecule has 4 aromatic rings. The van der Waals surface area contributed by atoms with Gasteiger partial charge in [-0.2, -0.15) is 0 Å². The fourth-order valence-electron chi connectivity index (χ4n) is 2.98. The molecule has 182 valence electrons. The molecule has 3 amide bonds. The van der Waals surface area contributed by atoms with E-state index in [1.54, 1.807) is 66.7 Å². The Hall–Kier alpha value is -3.27. The molecular weight excluding hydrogens is 545 g/mol. The molecule has 0 bridgehead atoms. The Morgan fingerprint density at radius 1 is 0.861 bits per heavy atom. The molecule has 0 aliphatic heterocycles. The highest BCUT2D eigenvalue weighted by atomic mass is 35.5. The third-order valence-corrected chi connectivity index (χ3v) is 6.94. The molecule has 3 aromatic carbocycles. The van der Waals surface area contributed by atoms with Gasteiger partial charge in [0.2, 0.25) is 5.88 Å². The van der Waals surface area contributed by atoms with E-state index in [0.29, 0.717) is 20.6 Å². The van der Waals surface area contributed by atoms with Crippen molar-refractivity contribution in [2.45, 2.75) is 9.79 Å². The molecule has 0 aliphatic carbocycles. The van der Waals surface area contributed by atoms with E-state index in [0.717, 1.165) is 0 Å². The number of nitrogens with zero attached hydrogens (tertiary/aromatic N) is 1. The second kappa shape index (κ2) is 11.6. The second-order valence-corrected chi connectivity index (χ2v) is 9.93. The molecule has 11 heteroatoms. The second-order valence-electron chi connectivity index (χ2n) is 7.20. The van der Waals surface area contributed by atoms with E-state index < -0.39 is 23.1 Å². The fourth-order valence-corrected chi connectivity index (χ4v) is 4.58. The third-order valence-electron chi connectivity index (χ3n) is 4.69. The molecule has 0 saturated carbocycles. The molecule has 0 saturated heterocycles. The maximum absolute atomic E-state index is 12.7. The van der Waals surface area contributed by atoms with E-state index in [2.05, 4.69) is 15.6 Å². The molecule has 0 radical (unpaired) electrons. The Labute approximate surface area is 224 Å². The number of carbonyl (C=O) groups is 2. The summed E-state index contributed by atoms with van der Waals surface area (Å²) >= 11 is 16.7. The topological polar surface area (TPSA) is 103 Å². The maximum Gasteiger partial charge on any atom is 0.326 e. The number of hydrogen-bond donors (Lipinski definition) is 2. The van der Waals surface area contributed by atoms with E-state index in [9.17, 15) is 14.1 Å². The summed E-state index contributed by atoms with van der Waals surface area (Å²) in [4.78, 5) is 29.7. The van der Waals surface area contributed by atoms with Crippen molar-refractivity contribution in [1.82, 2.24) is 10.3 Å². The first-order chi connectivity index (χ1) is 17.3. The average molecular weight is 561 g/mol. The number of ether oxygens (including phenoxy) is 1. The average Bonchev–Trinajstić information content (AvgIpc) is 2.86. The van der Waals surface area contributed by atoms with Crippen LogP contribution in [0.15, 0.2) is 94.9 Å². The number of rotatable bonds is 6. The lowest BCUT2D eigenvalue weighted by Gasteiger charge is -2.12. The summed E-state index contributed by atoms with van der Waals surface area (Å²) < 4.78 is 18.4. The molecule has 2 N–H and O–H groups in total. The van der Waals surface area contributed by atoms with Crippen LogP contribution in [0.3, 0.4) is 0 Å². The molecule has 1 aromatic heterocycles. The molecule has 0 fully saturated rings. The first kappa shape index (κ1) is 25.8. The van der Waals surface area contributed by atoms with Gasteiger partial charge in [-0.25, -0.2) is 9.78 Å². The highest BCUT2D eigenvalue weighted by molar-refractivity contribution is 7.91. The van der Waals surface area contributed by atoms with Gasteiger partial charge in [0.25, 0.3) is 5.91 Å². The molecular formula is C25H16Cl3N3O4S. The van der Waals surface area contributed by atoms with Crippen molar-refractivity contribution < 1.29 is 18.9 Å². The molecule has 0 aliphatic rings. The van der Waals surface area contributed by atoms with Gasteiger partial charge < -0.3 is 14.6 Å². The molecule has 4 rings (SSSR count). The van der Waals surface area contributed by atoms with Crippen molar-refractivity contribution in [3.05, 3.63) is 106 Å². The summed E-state index contributed by atoms with van der Waals surface area (Å²) in [6.07, 6.45) is 1.32. The number of pyridine rings is 1. The SMILES string of the molecule is O=C(NC(=O)c1ccccc1Cl)Nc1cnc(Oc2ccc([S+]([O-])c3ccc(Cl)cc3)cc2)c(Cl)c1. The largest absolute Gasteiger partial charge is 0.606 e. The standard InChI is InChI=1S/C25H16Cl3N3O4S/c26-15-5-9-18(10-6-15)36(34)19-11-7-17(8-12-19)35-24-22(28)13-16(14-29-24)30-25(33)31-23(32)20-3-1-2-4-21(20)27/h1-14H,(H2,30,31,32,33). The van der Waals surface area contributed by atoms with Gasteiger partial charge in [0.05, 0.1) is 22.5 Å². The Bertz CT molecular complexity index is 1400. The van der Waals surface area contributed by atoms with Gasteiger partial charge >= 0.3 is 6.03 Å². The van der Waals surface area contributed by atoms with Gasteiger partial charge in [-0.15, -0.1) is 0 Å². The zero-order valence-corrected chi connectivity index (χ0v) is 21.3. The number of aromatic nitrogens is 1. The van der Waals surface area contributed by atoms with Crippen LogP contribution in [-0.2, 0) is 11.2 Å². The maximum atomic E-state index is 12.7. The number of imide groups is 1. The monoisotopic (exact) mass is 559 g/mol. The molecule has 0 spiro atoms. The quantitative estimate of drug-likeness (QED) is 0.248. The van der Waals surface area contributed by atoms with Gasteiger partial charge in [0.15, 0.2) is 9.79 Å². The van der Waals surface area contributed by atoms with Crippen LogP contribution in [0.5, 0.6) is 11.6 Å². The lowest BCUT2D eigenvalue weighted by Crippen LogP contribution is -2.34. The van der Waals surface area contributed by atoms with Crippen molar-refractivity contribution in [1.29, 1.82) is 0 Å². The molecule has 1 unspecified atom stereocenters. The Morgan fingerprint density at radius 2 is 1.50 bits per heavy atom. The lowest BCUT2D eigenvalue weighted by atomic mass is 10.2. The van der Waals surface area contributed by atoms with Gasteiger partial charge in [-0.1, -0.05) is 46.9 Å². The summed E-state index contributed by atoms with van der Waals surface area (Å²) in [6.45, 7) is 0. The molecule has 1 heterocycles. The normalized spacial score (nSPS) is 11.4. The number of urea groups is 1. The number of carbonyl (C=O) groups excluding carboxylic acids is 2. The fraction of sp³-hybridized carbons (Fsp3) is 0. The van der Waals surface area contributed by atoms with Gasteiger partial charge in [0, 0.05) is 16.2 Å². The summed E-state index contributed by atoms with van der Waals surface area (Å²) in [5.41, 5.74) is 0.405. The van der Waals surface area contributed by atoms with Crippen molar-refractivity contribution in [3.8, 4) is 11.6 Å². The van der Waals surface area contributed by atoms with Crippen molar-refractivity contribution >= 4 is 63.6 Å². The molecule has 7 nitrogen and oxygen atoms in total. The number of benzene rings is 3. The Morgan fingerprint density at radius 3 is 2.14 bits per heavy atom. The van der Waals surface area contributed by atoms with Crippen molar-refractivity contribution in [2.75, 3.05) is 5.32 Å². The minimum absolute atomic E-state index is 0.0985. The predicted molar refractivity (Wildman–Crippen MR) is 140 cm³/mol. The van der Waals surface area contributed by atoms with Gasteiger partial charge in [-0.3, -0.25) is 10.1 Å². The van der Waals surface area contributed by atoms with E-state index in [1.165, 1.54) is 18.3 Å². The number of hydrogen-bond acceptors (Lipinski definition) is 5. The van der Waals surface area contributed by atoms with Crippen molar-refractivity contribution in [3.63, 3.8) is 0 Å². The zero-order valence-electron chi connectivity index (χ0n) is 18.2. The van der Waals surface area contributed by atoms with Crippen LogP contribution in [-0.4, -0.2) is 21.5 Å². The lowest BCUT2D eigenvalue weighted by molar-refractivity contribution is 0.0967. The number of amides is 3. The van der Waals surface area contributed by atoms with Crippen LogP contribution in [0.4, 0.5) is 10.5 Å². The number of nitrogens with one attached hydrogen (secondary N) is 2. The predicted octanol–water partition coefficient (Wildman–Crippen LogP) is 6.96. The molecule has 36 heavy (non-hydrogen) atoms.